The van der Waals surface area contributed by atoms with Crippen LogP contribution in [0.4, 0.5) is 0 Å². The fourth-order valence-corrected chi connectivity index (χ4v) is 4.26. The molecule has 4 N–H and O–H groups in total. The maximum atomic E-state index is 12.2. The van der Waals surface area contributed by atoms with Crippen molar-refractivity contribution in [1.29, 1.82) is 5.41 Å². The van der Waals surface area contributed by atoms with Crippen LogP contribution >= 0.6 is 0 Å². The third-order valence-electron chi connectivity index (χ3n) is 3.69. The highest BCUT2D eigenvalue weighted by Gasteiger charge is 2.38. The Morgan fingerprint density at radius 2 is 1.79 bits per heavy atom. The molecule has 0 saturated heterocycles. The van der Waals surface area contributed by atoms with Crippen molar-refractivity contribution in [3.63, 3.8) is 0 Å². The Balaban J connectivity index is 2.76. The quantitative estimate of drug-likeness (QED) is 0.533. The molecule has 0 unspecified atom stereocenters. The lowest BCUT2D eigenvalue weighted by molar-refractivity contribution is 0.345. The van der Waals surface area contributed by atoms with Gasteiger partial charge in [0.25, 0.3) is 0 Å². The molecule has 0 aromatic heterocycles. The van der Waals surface area contributed by atoms with E-state index in [1.807, 2.05) is 20.8 Å². The highest BCUT2D eigenvalue weighted by Crippen LogP contribution is 2.29. The Morgan fingerprint density at radius 1 is 1.26 bits per heavy atom. The number of hydrogen-bond donors (Lipinski definition) is 3. The molecule has 0 amide bonds. The molecule has 5 nitrogen and oxygen atoms in total. The molecule has 0 spiro atoms. The van der Waals surface area contributed by atoms with Gasteiger partial charge in [0.2, 0.25) is 10.0 Å². The normalized spacial score (nSPS) is 20.2. The van der Waals surface area contributed by atoms with Crippen molar-refractivity contribution in [3.8, 4) is 0 Å². The van der Waals surface area contributed by atoms with E-state index < -0.39 is 15.6 Å². The van der Waals surface area contributed by atoms with Gasteiger partial charge in [-0.1, -0.05) is 40.0 Å². The van der Waals surface area contributed by atoms with Gasteiger partial charge in [-0.25, -0.2) is 13.1 Å². The molecule has 0 aliphatic heterocycles. The monoisotopic (exact) mass is 289 g/mol. The van der Waals surface area contributed by atoms with Crippen LogP contribution in [0.3, 0.4) is 0 Å². The van der Waals surface area contributed by atoms with Crippen LogP contribution < -0.4 is 10.5 Å². The number of amidine groups is 1. The molecule has 19 heavy (non-hydrogen) atoms. The van der Waals surface area contributed by atoms with Gasteiger partial charge in [-0.15, -0.1) is 0 Å². The molecule has 1 aliphatic carbocycles. The second-order valence-electron chi connectivity index (χ2n) is 6.79. The van der Waals surface area contributed by atoms with Gasteiger partial charge in [0, 0.05) is 0 Å². The second-order valence-corrected chi connectivity index (χ2v) is 8.63. The lowest BCUT2D eigenvalue weighted by Crippen LogP contribution is -2.58. The Morgan fingerprint density at radius 3 is 2.21 bits per heavy atom. The standard InChI is InChI=1S/C13H27N3O2S/c1-12(2,3)9-10-19(17,18)16-13(11(14)15)7-5-4-6-8-13/h16H,4-10H2,1-3H3,(H3,14,15). The third-order valence-corrected chi connectivity index (χ3v) is 5.14. The average Bonchev–Trinajstić information content (AvgIpc) is 2.26. The molecular formula is C13H27N3O2S. The lowest BCUT2D eigenvalue weighted by Gasteiger charge is -2.36. The molecule has 6 heteroatoms. The Labute approximate surface area is 116 Å². The van der Waals surface area contributed by atoms with E-state index in [4.69, 9.17) is 11.1 Å². The fourth-order valence-electron chi connectivity index (χ4n) is 2.37. The van der Waals surface area contributed by atoms with Gasteiger partial charge in [0.15, 0.2) is 0 Å². The summed E-state index contributed by atoms with van der Waals surface area (Å²) in [6.07, 6.45) is 4.78. The molecule has 1 rings (SSSR count). The van der Waals surface area contributed by atoms with E-state index >= 15 is 0 Å². The zero-order valence-electron chi connectivity index (χ0n) is 12.3. The fraction of sp³-hybridized carbons (Fsp3) is 0.923. The summed E-state index contributed by atoms with van der Waals surface area (Å²) < 4.78 is 27.1. The summed E-state index contributed by atoms with van der Waals surface area (Å²) in [4.78, 5) is 0. The summed E-state index contributed by atoms with van der Waals surface area (Å²) >= 11 is 0. The summed E-state index contributed by atoms with van der Waals surface area (Å²) in [6.45, 7) is 6.05. The molecule has 1 fully saturated rings. The molecule has 0 bridgehead atoms. The van der Waals surface area contributed by atoms with Crippen molar-refractivity contribution in [2.24, 2.45) is 11.1 Å². The molecule has 0 atom stereocenters. The van der Waals surface area contributed by atoms with E-state index in [-0.39, 0.29) is 17.0 Å². The first-order valence-electron chi connectivity index (χ1n) is 6.93. The largest absolute Gasteiger partial charge is 0.386 e. The van der Waals surface area contributed by atoms with Crippen LogP contribution in [0, 0.1) is 10.8 Å². The summed E-state index contributed by atoms with van der Waals surface area (Å²) in [5.74, 6) is 0.0393. The van der Waals surface area contributed by atoms with E-state index in [0.717, 1.165) is 19.3 Å². The summed E-state index contributed by atoms with van der Waals surface area (Å²) in [7, 11) is -3.39. The number of nitrogens with two attached hydrogens (primary N) is 1. The smallest absolute Gasteiger partial charge is 0.212 e. The molecule has 0 aromatic rings. The van der Waals surface area contributed by atoms with Crippen molar-refractivity contribution < 1.29 is 8.42 Å². The van der Waals surface area contributed by atoms with Gasteiger partial charge in [-0.2, -0.15) is 0 Å². The van der Waals surface area contributed by atoms with Gasteiger partial charge in [-0.05, 0) is 24.7 Å². The summed E-state index contributed by atoms with van der Waals surface area (Å²) in [5, 5.41) is 7.72. The van der Waals surface area contributed by atoms with Crippen LogP contribution in [0.15, 0.2) is 0 Å². The summed E-state index contributed by atoms with van der Waals surface area (Å²) in [6, 6.07) is 0. The third kappa shape index (κ3) is 5.10. The lowest BCUT2D eigenvalue weighted by atomic mass is 9.82. The predicted octanol–water partition coefficient (Wildman–Crippen LogP) is 1.98. The Hall–Kier alpha value is -0.620. The van der Waals surface area contributed by atoms with Crippen LogP contribution in [0.25, 0.3) is 0 Å². The van der Waals surface area contributed by atoms with Gasteiger partial charge in [0.05, 0.1) is 11.3 Å². The molecule has 1 aliphatic rings. The van der Waals surface area contributed by atoms with E-state index in [1.54, 1.807) is 0 Å². The number of rotatable bonds is 5. The minimum atomic E-state index is -3.39. The molecule has 0 heterocycles. The van der Waals surface area contributed by atoms with Crippen molar-refractivity contribution in [2.75, 3.05) is 5.75 Å². The second kappa shape index (κ2) is 5.79. The first-order valence-corrected chi connectivity index (χ1v) is 8.58. The predicted molar refractivity (Wildman–Crippen MR) is 78.7 cm³/mol. The zero-order chi connectivity index (χ0) is 14.7. The van der Waals surface area contributed by atoms with Crippen molar-refractivity contribution >= 4 is 15.9 Å². The molecule has 0 radical (unpaired) electrons. The Bertz CT molecular complexity index is 418. The van der Waals surface area contributed by atoms with Crippen molar-refractivity contribution in [3.05, 3.63) is 0 Å². The average molecular weight is 289 g/mol. The zero-order valence-corrected chi connectivity index (χ0v) is 13.1. The van der Waals surface area contributed by atoms with Crippen molar-refractivity contribution in [1.82, 2.24) is 4.72 Å². The SMILES string of the molecule is CC(C)(C)CCS(=O)(=O)NC1(C(=N)N)CCCCC1. The molecule has 0 aromatic carbocycles. The molecular weight excluding hydrogens is 262 g/mol. The molecule has 1 saturated carbocycles. The highest BCUT2D eigenvalue weighted by molar-refractivity contribution is 7.89. The first-order chi connectivity index (χ1) is 8.56. The topological polar surface area (TPSA) is 96.0 Å². The minimum absolute atomic E-state index is 0.0231. The number of sulfonamides is 1. The Kier molecular flexibility index (Phi) is 5.01. The number of hydrogen-bond acceptors (Lipinski definition) is 3. The summed E-state index contributed by atoms with van der Waals surface area (Å²) in [5.41, 5.74) is 4.79. The first kappa shape index (κ1) is 16.4. The molecule has 112 valence electrons. The van der Waals surface area contributed by atoms with Crippen LogP contribution in [0.2, 0.25) is 0 Å². The van der Waals surface area contributed by atoms with Gasteiger partial charge >= 0.3 is 0 Å². The van der Waals surface area contributed by atoms with Gasteiger partial charge in [-0.3, -0.25) is 5.41 Å². The maximum Gasteiger partial charge on any atom is 0.212 e. The van der Waals surface area contributed by atoms with Gasteiger partial charge < -0.3 is 5.73 Å². The maximum absolute atomic E-state index is 12.2. The number of nitrogens with one attached hydrogen (secondary N) is 2. The van der Waals surface area contributed by atoms with Crippen LogP contribution in [0.1, 0.15) is 59.3 Å². The minimum Gasteiger partial charge on any atom is -0.386 e. The van der Waals surface area contributed by atoms with Crippen LogP contribution in [-0.4, -0.2) is 25.5 Å². The van der Waals surface area contributed by atoms with Crippen molar-refractivity contribution in [2.45, 2.75) is 64.8 Å². The van der Waals surface area contributed by atoms with E-state index in [0.29, 0.717) is 19.3 Å². The van der Waals surface area contributed by atoms with E-state index in [2.05, 4.69) is 4.72 Å². The highest BCUT2D eigenvalue weighted by atomic mass is 32.2. The van der Waals surface area contributed by atoms with Crippen LogP contribution in [-0.2, 0) is 10.0 Å². The van der Waals surface area contributed by atoms with Crippen LogP contribution in [0.5, 0.6) is 0 Å². The van der Waals surface area contributed by atoms with E-state index in [9.17, 15) is 8.42 Å². The van der Waals surface area contributed by atoms with E-state index in [1.165, 1.54) is 0 Å². The van der Waals surface area contributed by atoms with Gasteiger partial charge in [0.1, 0.15) is 5.84 Å².